The molecule has 2 N–H and O–H groups in total. The van der Waals surface area contributed by atoms with Gasteiger partial charge in [0.2, 0.25) is 0 Å². The van der Waals surface area contributed by atoms with Gasteiger partial charge in [0.05, 0.1) is 0 Å². The number of nitrogens with one attached hydrogen (secondary N) is 2. The molecular weight excluding hydrogens is 100 g/mol. The third-order valence-corrected chi connectivity index (χ3v) is 2.41. The third-order valence-electron chi connectivity index (χ3n) is 2.41. The van der Waals surface area contributed by atoms with Crippen LogP contribution in [0.5, 0.6) is 0 Å². The van der Waals surface area contributed by atoms with Crippen LogP contribution in [-0.2, 0) is 0 Å². The van der Waals surface area contributed by atoms with Crippen LogP contribution in [0.1, 0.15) is 6.42 Å². The first-order chi connectivity index (χ1) is 3.87. The molecule has 0 bridgehead atoms. The Morgan fingerprint density at radius 2 is 2.62 bits per heavy atom. The van der Waals surface area contributed by atoms with Crippen molar-refractivity contribution in [2.24, 2.45) is 11.3 Å². The minimum atomic E-state index is 0.333. The van der Waals surface area contributed by atoms with Crippen molar-refractivity contribution < 1.29 is 0 Å². The Labute approximate surface area is 48.8 Å². The van der Waals surface area contributed by atoms with Gasteiger partial charge in [0.15, 0.2) is 0 Å². The Balaban J connectivity index is 2.18. The summed E-state index contributed by atoms with van der Waals surface area (Å²) in [4.78, 5) is 0. The predicted molar refractivity (Wildman–Crippen MR) is 32.2 cm³/mol. The van der Waals surface area contributed by atoms with E-state index in [4.69, 9.17) is 5.41 Å². The second-order valence-corrected chi connectivity index (χ2v) is 2.91. The van der Waals surface area contributed by atoms with E-state index in [9.17, 15) is 0 Å². The first kappa shape index (κ1) is 4.50. The number of piperidine rings is 1. The molecule has 0 spiro atoms. The van der Waals surface area contributed by atoms with E-state index in [1.54, 1.807) is 6.21 Å². The van der Waals surface area contributed by atoms with Crippen LogP contribution in [0.3, 0.4) is 0 Å². The normalized spacial score (nSPS) is 50.8. The maximum absolute atomic E-state index is 7.07. The van der Waals surface area contributed by atoms with Gasteiger partial charge in [-0.2, -0.15) is 0 Å². The van der Waals surface area contributed by atoms with E-state index in [1.807, 2.05) is 0 Å². The van der Waals surface area contributed by atoms with Crippen molar-refractivity contribution in [3.63, 3.8) is 0 Å². The van der Waals surface area contributed by atoms with Gasteiger partial charge in [-0.05, 0) is 18.9 Å². The fourth-order valence-corrected chi connectivity index (χ4v) is 1.60. The van der Waals surface area contributed by atoms with Crippen LogP contribution in [0.25, 0.3) is 0 Å². The average molecular weight is 110 g/mol. The van der Waals surface area contributed by atoms with Crippen LogP contribution in [0.15, 0.2) is 0 Å². The molecule has 2 aliphatic rings. The Morgan fingerprint density at radius 1 is 1.75 bits per heavy atom. The van der Waals surface area contributed by atoms with Gasteiger partial charge < -0.3 is 10.7 Å². The van der Waals surface area contributed by atoms with Gasteiger partial charge in [-0.15, -0.1) is 0 Å². The van der Waals surface area contributed by atoms with Crippen molar-refractivity contribution in [1.29, 1.82) is 5.41 Å². The van der Waals surface area contributed by atoms with Crippen molar-refractivity contribution in [3.05, 3.63) is 0 Å². The zero-order valence-electron chi connectivity index (χ0n) is 4.78. The van der Waals surface area contributed by atoms with Crippen LogP contribution >= 0.6 is 0 Å². The van der Waals surface area contributed by atoms with Gasteiger partial charge >= 0.3 is 0 Å². The SMILES string of the molecule is N=CC12CNCC1C2. The fourth-order valence-electron chi connectivity index (χ4n) is 1.60. The van der Waals surface area contributed by atoms with Crippen LogP contribution < -0.4 is 5.32 Å². The highest BCUT2D eigenvalue weighted by molar-refractivity contribution is 5.68. The van der Waals surface area contributed by atoms with E-state index in [0.29, 0.717) is 5.41 Å². The molecular formula is C6H10N2. The molecule has 1 aliphatic heterocycles. The molecule has 2 nitrogen and oxygen atoms in total. The molecule has 2 atom stereocenters. The minimum absolute atomic E-state index is 0.333. The summed E-state index contributed by atoms with van der Waals surface area (Å²) >= 11 is 0. The monoisotopic (exact) mass is 110 g/mol. The number of hydrogen-bond donors (Lipinski definition) is 2. The summed E-state index contributed by atoms with van der Waals surface area (Å²) in [5.41, 5.74) is 0.333. The van der Waals surface area contributed by atoms with Gasteiger partial charge in [0.1, 0.15) is 0 Å². The second-order valence-electron chi connectivity index (χ2n) is 2.91. The Morgan fingerprint density at radius 3 is 2.88 bits per heavy atom. The van der Waals surface area contributed by atoms with Gasteiger partial charge in [-0.25, -0.2) is 0 Å². The van der Waals surface area contributed by atoms with E-state index >= 15 is 0 Å². The maximum Gasteiger partial charge on any atom is 0.0218 e. The lowest BCUT2D eigenvalue weighted by atomic mass is 10.1. The Kier molecular flexibility index (Phi) is 0.637. The molecule has 1 saturated carbocycles. The van der Waals surface area contributed by atoms with E-state index in [-0.39, 0.29) is 0 Å². The molecule has 2 fully saturated rings. The molecule has 0 aromatic heterocycles. The van der Waals surface area contributed by atoms with E-state index in [2.05, 4.69) is 5.32 Å². The van der Waals surface area contributed by atoms with E-state index in [1.165, 1.54) is 6.42 Å². The molecule has 1 aliphatic carbocycles. The number of hydrogen-bond acceptors (Lipinski definition) is 2. The highest BCUT2D eigenvalue weighted by Crippen LogP contribution is 2.52. The molecule has 2 heteroatoms. The lowest BCUT2D eigenvalue weighted by Gasteiger charge is -1.98. The van der Waals surface area contributed by atoms with E-state index in [0.717, 1.165) is 19.0 Å². The molecule has 0 aromatic carbocycles. The van der Waals surface area contributed by atoms with Gasteiger partial charge in [-0.3, -0.25) is 0 Å². The first-order valence-electron chi connectivity index (χ1n) is 3.10. The molecule has 44 valence electrons. The Bertz CT molecular complexity index is 132. The first-order valence-corrected chi connectivity index (χ1v) is 3.10. The summed E-state index contributed by atoms with van der Waals surface area (Å²) in [5, 5.41) is 10.3. The van der Waals surface area contributed by atoms with Crippen molar-refractivity contribution in [3.8, 4) is 0 Å². The largest absolute Gasteiger partial charge is 0.315 e. The minimum Gasteiger partial charge on any atom is -0.315 e. The van der Waals surface area contributed by atoms with Gasteiger partial charge in [0, 0.05) is 18.2 Å². The molecule has 8 heavy (non-hydrogen) atoms. The van der Waals surface area contributed by atoms with Crippen molar-refractivity contribution in [2.75, 3.05) is 13.1 Å². The van der Waals surface area contributed by atoms with Crippen LogP contribution in [0.2, 0.25) is 0 Å². The molecule has 0 aromatic rings. The summed E-state index contributed by atoms with van der Waals surface area (Å²) in [6, 6.07) is 0. The zero-order valence-corrected chi connectivity index (χ0v) is 4.78. The topological polar surface area (TPSA) is 35.9 Å². The standard InChI is InChI=1S/C6H10N2/c7-3-6-1-5(6)2-8-4-6/h3,5,7-8H,1-2,4H2. The molecule has 1 saturated heterocycles. The third kappa shape index (κ3) is 0.348. The fraction of sp³-hybridized carbons (Fsp3) is 0.833. The Hall–Kier alpha value is -0.370. The molecule has 2 rings (SSSR count). The molecule has 0 amide bonds. The summed E-state index contributed by atoms with van der Waals surface area (Å²) in [7, 11) is 0. The van der Waals surface area contributed by atoms with Gasteiger partial charge in [-0.1, -0.05) is 0 Å². The summed E-state index contributed by atoms with van der Waals surface area (Å²) < 4.78 is 0. The lowest BCUT2D eigenvalue weighted by Crippen LogP contribution is -2.16. The predicted octanol–water partition coefficient (Wildman–Crippen LogP) is 0.245. The van der Waals surface area contributed by atoms with Crippen LogP contribution in [-0.4, -0.2) is 19.3 Å². The summed E-state index contributed by atoms with van der Waals surface area (Å²) in [6.45, 7) is 2.20. The number of rotatable bonds is 1. The summed E-state index contributed by atoms with van der Waals surface area (Å²) in [5.74, 6) is 0.819. The van der Waals surface area contributed by atoms with E-state index < -0.39 is 0 Å². The van der Waals surface area contributed by atoms with Gasteiger partial charge in [0.25, 0.3) is 0 Å². The zero-order chi connectivity index (χ0) is 5.61. The summed E-state index contributed by atoms with van der Waals surface area (Å²) in [6.07, 6.45) is 2.89. The van der Waals surface area contributed by atoms with Crippen molar-refractivity contribution >= 4 is 6.21 Å². The highest BCUT2D eigenvalue weighted by atomic mass is 15.0. The quantitative estimate of drug-likeness (QED) is 0.466. The lowest BCUT2D eigenvalue weighted by molar-refractivity contribution is 0.688. The second kappa shape index (κ2) is 1.13. The van der Waals surface area contributed by atoms with Crippen molar-refractivity contribution in [2.45, 2.75) is 6.42 Å². The van der Waals surface area contributed by atoms with Crippen LogP contribution in [0, 0.1) is 16.7 Å². The average Bonchev–Trinajstić information content (AvgIpc) is 2.38. The van der Waals surface area contributed by atoms with Crippen LogP contribution in [0.4, 0.5) is 0 Å². The smallest absolute Gasteiger partial charge is 0.0218 e. The molecule has 0 radical (unpaired) electrons. The van der Waals surface area contributed by atoms with Crippen molar-refractivity contribution in [1.82, 2.24) is 5.32 Å². The number of fused-ring (bicyclic) bond motifs is 1. The molecule has 1 heterocycles. The molecule has 2 unspecified atom stereocenters. The maximum atomic E-state index is 7.07. The highest BCUT2D eigenvalue weighted by Gasteiger charge is 2.55.